The molecule has 0 saturated heterocycles. The number of alkyl halides is 3. The van der Waals surface area contributed by atoms with E-state index in [1.807, 2.05) is 0 Å². The molecule has 29 heavy (non-hydrogen) atoms. The third-order valence-electron chi connectivity index (χ3n) is 4.24. The van der Waals surface area contributed by atoms with Crippen molar-refractivity contribution in [2.75, 3.05) is 5.32 Å². The van der Waals surface area contributed by atoms with Crippen molar-refractivity contribution in [1.29, 1.82) is 0 Å². The molecule has 9 heteroatoms. The van der Waals surface area contributed by atoms with Gasteiger partial charge in [-0.05, 0) is 48.5 Å². The Morgan fingerprint density at radius 1 is 0.897 bits per heavy atom. The van der Waals surface area contributed by atoms with E-state index in [-0.39, 0.29) is 27.7 Å². The number of rotatable bonds is 3. The second-order valence-electron chi connectivity index (χ2n) is 6.14. The highest BCUT2D eigenvalue weighted by molar-refractivity contribution is 6.33. The maximum atomic E-state index is 14.5. The lowest BCUT2D eigenvalue weighted by atomic mass is 10.1. The molecular formula is C20H11ClF5N3. The second kappa shape index (κ2) is 7.04. The second-order valence-corrected chi connectivity index (χ2v) is 6.55. The Morgan fingerprint density at radius 3 is 2.24 bits per heavy atom. The zero-order valence-corrected chi connectivity index (χ0v) is 15.2. The molecule has 4 aromatic rings. The standard InChI is InChI=1S/C20H11ClF5N3/c21-13-3-1-4-14(23)17(13)18-19(27-12-9-7-11(22)8-10-12)29-15(20(24,25)26)5-2-6-16(29)28-18/h1-10,27H. The summed E-state index contributed by atoms with van der Waals surface area (Å²) in [5.74, 6) is -1.40. The van der Waals surface area contributed by atoms with Gasteiger partial charge in [-0.2, -0.15) is 13.2 Å². The van der Waals surface area contributed by atoms with Gasteiger partial charge < -0.3 is 5.32 Å². The molecule has 2 aromatic heterocycles. The first-order chi connectivity index (χ1) is 13.8. The number of benzene rings is 2. The van der Waals surface area contributed by atoms with Crippen LogP contribution in [0.25, 0.3) is 16.9 Å². The fourth-order valence-corrected chi connectivity index (χ4v) is 3.25. The molecule has 0 saturated carbocycles. The summed E-state index contributed by atoms with van der Waals surface area (Å²) in [6.07, 6.45) is -4.70. The van der Waals surface area contributed by atoms with Crippen LogP contribution in [-0.4, -0.2) is 9.38 Å². The van der Waals surface area contributed by atoms with E-state index in [2.05, 4.69) is 10.3 Å². The topological polar surface area (TPSA) is 29.3 Å². The van der Waals surface area contributed by atoms with Crippen molar-refractivity contribution >= 4 is 28.8 Å². The van der Waals surface area contributed by atoms with Crippen LogP contribution in [-0.2, 0) is 6.18 Å². The number of nitrogens with one attached hydrogen (secondary N) is 1. The molecule has 1 N–H and O–H groups in total. The van der Waals surface area contributed by atoms with Gasteiger partial charge >= 0.3 is 6.18 Å². The van der Waals surface area contributed by atoms with Crippen LogP contribution in [0.2, 0.25) is 5.02 Å². The molecule has 0 aliphatic heterocycles. The predicted octanol–water partition coefficient (Wildman–Crippen LogP) is 6.70. The fraction of sp³-hybridized carbons (Fsp3) is 0.0500. The van der Waals surface area contributed by atoms with E-state index < -0.39 is 23.5 Å². The van der Waals surface area contributed by atoms with Crippen molar-refractivity contribution in [3.63, 3.8) is 0 Å². The van der Waals surface area contributed by atoms with E-state index in [4.69, 9.17) is 11.6 Å². The third-order valence-corrected chi connectivity index (χ3v) is 4.56. The fourth-order valence-electron chi connectivity index (χ4n) is 3.00. The number of aromatic nitrogens is 2. The van der Waals surface area contributed by atoms with Gasteiger partial charge in [0.05, 0.1) is 10.6 Å². The lowest BCUT2D eigenvalue weighted by molar-refractivity contribution is -0.141. The molecule has 0 aliphatic rings. The number of imidazole rings is 1. The van der Waals surface area contributed by atoms with Gasteiger partial charge in [0.1, 0.15) is 34.5 Å². The third kappa shape index (κ3) is 3.51. The van der Waals surface area contributed by atoms with Crippen LogP contribution in [0.5, 0.6) is 0 Å². The molecule has 148 valence electrons. The minimum atomic E-state index is -4.70. The molecule has 0 radical (unpaired) electrons. The van der Waals surface area contributed by atoms with Crippen LogP contribution in [0.15, 0.2) is 60.7 Å². The molecule has 0 unspecified atom stereocenters. The minimum Gasteiger partial charge on any atom is -0.339 e. The molecule has 0 spiro atoms. The summed E-state index contributed by atoms with van der Waals surface area (Å²) in [6.45, 7) is 0. The van der Waals surface area contributed by atoms with Gasteiger partial charge in [-0.25, -0.2) is 13.8 Å². The molecular weight excluding hydrogens is 413 g/mol. The lowest BCUT2D eigenvalue weighted by Gasteiger charge is -2.14. The molecule has 0 aliphatic carbocycles. The summed E-state index contributed by atoms with van der Waals surface area (Å²) in [5.41, 5.74) is -1.02. The zero-order chi connectivity index (χ0) is 20.8. The monoisotopic (exact) mass is 423 g/mol. The van der Waals surface area contributed by atoms with Crippen molar-refractivity contribution in [1.82, 2.24) is 9.38 Å². The number of fused-ring (bicyclic) bond motifs is 1. The van der Waals surface area contributed by atoms with Gasteiger partial charge in [-0.3, -0.25) is 4.40 Å². The van der Waals surface area contributed by atoms with Gasteiger partial charge in [0.2, 0.25) is 0 Å². The van der Waals surface area contributed by atoms with Crippen LogP contribution >= 0.6 is 11.6 Å². The quantitative estimate of drug-likeness (QED) is 0.372. The van der Waals surface area contributed by atoms with E-state index in [0.717, 1.165) is 28.7 Å². The minimum absolute atomic E-state index is 0.0101. The Kier molecular flexibility index (Phi) is 4.66. The maximum absolute atomic E-state index is 14.5. The van der Waals surface area contributed by atoms with Gasteiger partial charge in [-0.1, -0.05) is 23.7 Å². The van der Waals surface area contributed by atoms with Crippen LogP contribution in [0.3, 0.4) is 0 Å². The highest BCUT2D eigenvalue weighted by Crippen LogP contribution is 2.40. The Labute approximate surface area is 166 Å². The Balaban J connectivity index is 2.04. The first kappa shape index (κ1) is 19.2. The first-order valence-electron chi connectivity index (χ1n) is 8.31. The molecule has 3 nitrogen and oxygen atoms in total. The number of nitrogens with zero attached hydrogens (tertiary/aromatic N) is 2. The Bertz CT molecular complexity index is 1180. The predicted molar refractivity (Wildman–Crippen MR) is 100 cm³/mol. The number of hydrogen-bond donors (Lipinski definition) is 1. The smallest absolute Gasteiger partial charge is 0.339 e. The largest absolute Gasteiger partial charge is 0.431 e. The SMILES string of the molecule is Fc1ccc(Nc2c(-c3c(F)cccc3Cl)nc3cccc(C(F)(F)F)n23)cc1. The summed E-state index contributed by atoms with van der Waals surface area (Å²) < 4.78 is 69.5. The van der Waals surface area contributed by atoms with E-state index in [1.54, 1.807) is 0 Å². The maximum Gasteiger partial charge on any atom is 0.431 e. The summed E-state index contributed by atoms with van der Waals surface area (Å²) in [5, 5.41) is 2.79. The first-order valence-corrected chi connectivity index (χ1v) is 8.69. The Morgan fingerprint density at radius 2 is 1.59 bits per heavy atom. The molecule has 0 fully saturated rings. The highest BCUT2D eigenvalue weighted by atomic mass is 35.5. The number of anilines is 2. The van der Waals surface area contributed by atoms with Gasteiger partial charge in [-0.15, -0.1) is 0 Å². The zero-order valence-electron chi connectivity index (χ0n) is 14.4. The Hall–Kier alpha value is -3.13. The molecule has 0 amide bonds. The van der Waals surface area contributed by atoms with Crippen molar-refractivity contribution in [2.45, 2.75) is 6.18 Å². The number of pyridine rings is 1. The van der Waals surface area contributed by atoms with Crippen molar-refractivity contribution in [2.24, 2.45) is 0 Å². The van der Waals surface area contributed by atoms with Gasteiger partial charge in [0.15, 0.2) is 0 Å². The van der Waals surface area contributed by atoms with Crippen LogP contribution in [0, 0.1) is 11.6 Å². The van der Waals surface area contributed by atoms with E-state index in [1.165, 1.54) is 36.4 Å². The summed E-state index contributed by atoms with van der Waals surface area (Å²) >= 11 is 6.13. The molecule has 4 rings (SSSR count). The van der Waals surface area contributed by atoms with Crippen molar-refractivity contribution in [3.8, 4) is 11.3 Å². The van der Waals surface area contributed by atoms with Gasteiger partial charge in [0, 0.05) is 5.69 Å². The van der Waals surface area contributed by atoms with Crippen molar-refractivity contribution < 1.29 is 22.0 Å². The van der Waals surface area contributed by atoms with Crippen LogP contribution in [0.4, 0.5) is 33.5 Å². The summed E-state index contributed by atoms with van der Waals surface area (Å²) in [6, 6.07) is 12.4. The average molecular weight is 424 g/mol. The molecule has 0 bridgehead atoms. The number of hydrogen-bond acceptors (Lipinski definition) is 2. The summed E-state index contributed by atoms with van der Waals surface area (Å²) in [4.78, 5) is 4.19. The van der Waals surface area contributed by atoms with Crippen molar-refractivity contribution in [3.05, 3.63) is 83.0 Å². The van der Waals surface area contributed by atoms with Crippen LogP contribution in [0.1, 0.15) is 5.69 Å². The normalized spacial score (nSPS) is 11.8. The molecule has 0 atom stereocenters. The van der Waals surface area contributed by atoms with Gasteiger partial charge in [0.25, 0.3) is 0 Å². The summed E-state index contributed by atoms with van der Waals surface area (Å²) in [7, 11) is 0. The van der Waals surface area contributed by atoms with E-state index in [9.17, 15) is 22.0 Å². The molecule has 2 heterocycles. The van der Waals surface area contributed by atoms with E-state index >= 15 is 0 Å². The average Bonchev–Trinajstić information content (AvgIpc) is 3.01. The van der Waals surface area contributed by atoms with E-state index in [0.29, 0.717) is 5.69 Å². The highest BCUT2D eigenvalue weighted by Gasteiger charge is 2.35. The number of halogens is 6. The van der Waals surface area contributed by atoms with Crippen LogP contribution < -0.4 is 5.32 Å². The molecule has 2 aromatic carbocycles. The lowest BCUT2D eigenvalue weighted by Crippen LogP contribution is -2.12.